The molecule has 0 bridgehead atoms. The first kappa shape index (κ1) is 22.9. The summed E-state index contributed by atoms with van der Waals surface area (Å²) in [5, 5.41) is 6.37. The van der Waals surface area contributed by atoms with Gasteiger partial charge in [-0.1, -0.05) is 42.5 Å². The van der Waals surface area contributed by atoms with Crippen LogP contribution in [0.3, 0.4) is 0 Å². The number of benzene rings is 3. The molecule has 0 radical (unpaired) electrons. The van der Waals surface area contributed by atoms with E-state index in [1.807, 2.05) is 74.5 Å². The molecule has 0 atom stereocenters. The maximum absolute atomic E-state index is 13.2. The van der Waals surface area contributed by atoms with Gasteiger partial charge in [-0.3, -0.25) is 9.59 Å². The highest BCUT2D eigenvalue weighted by Crippen LogP contribution is 2.43. The van der Waals surface area contributed by atoms with E-state index in [0.29, 0.717) is 41.7 Å². The first-order chi connectivity index (χ1) is 16.5. The average molecular weight is 458 g/mol. The summed E-state index contributed by atoms with van der Waals surface area (Å²) >= 11 is 0. The van der Waals surface area contributed by atoms with Crippen LogP contribution in [-0.4, -0.2) is 25.0 Å². The molecule has 0 spiro atoms. The molecule has 7 heteroatoms. The third-order valence-electron chi connectivity index (χ3n) is 5.34. The molecule has 4 rings (SSSR count). The second-order valence-corrected chi connectivity index (χ2v) is 7.75. The summed E-state index contributed by atoms with van der Waals surface area (Å²) in [5.74, 6) is 0.565. The Balaban J connectivity index is 1.82. The van der Waals surface area contributed by atoms with Crippen molar-refractivity contribution in [2.24, 2.45) is 5.73 Å². The maximum atomic E-state index is 13.2. The summed E-state index contributed by atoms with van der Waals surface area (Å²) in [5.41, 5.74) is 10.3. The zero-order chi connectivity index (χ0) is 24.1. The highest BCUT2D eigenvalue weighted by molar-refractivity contribution is 6.37. The molecule has 0 saturated carbocycles. The quantitative estimate of drug-likeness (QED) is 0.412. The lowest BCUT2D eigenvalue weighted by Crippen LogP contribution is -2.13. The summed E-state index contributed by atoms with van der Waals surface area (Å²) in [7, 11) is 0. The van der Waals surface area contributed by atoms with Crippen LogP contribution in [0, 0.1) is 0 Å². The molecule has 0 aromatic heterocycles. The molecule has 1 heterocycles. The molecule has 2 amide bonds. The lowest BCUT2D eigenvalue weighted by molar-refractivity contribution is -0.117. The minimum absolute atomic E-state index is 0.172. The Morgan fingerprint density at radius 1 is 0.941 bits per heavy atom. The fourth-order valence-electron chi connectivity index (χ4n) is 3.90. The highest BCUT2D eigenvalue weighted by Gasteiger charge is 2.30. The van der Waals surface area contributed by atoms with E-state index in [1.165, 1.54) is 0 Å². The Kier molecular flexibility index (Phi) is 6.82. The van der Waals surface area contributed by atoms with Gasteiger partial charge >= 0.3 is 0 Å². The molecule has 0 unspecified atom stereocenters. The Hall–Kier alpha value is -4.26. The number of fused-ring (bicyclic) bond motifs is 1. The monoisotopic (exact) mass is 457 g/mol. The second-order valence-electron chi connectivity index (χ2n) is 7.75. The first-order valence-corrected chi connectivity index (χ1v) is 11.2. The summed E-state index contributed by atoms with van der Waals surface area (Å²) in [6.45, 7) is 4.76. The molecule has 0 saturated heterocycles. The number of carbonyl (C=O) groups excluding carboxylic acids is 2. The van der Waals surface area contributed by atoms with Gasteiger partial charge in [-0.25, -0.2) is 0 Å². The Morgan fingerprint density at radius 3 is 2.21 bits per heavy atom. The van der Waals surface area contributed by atoms with Crippen molar-refractivity contribution in [2.75, 3.05) is 23.8 Å². The van der Waals surface area contributed by atoms with E-state index in [-0.39, 0.29) is 18.2 Å². The summed E-state index contributed by atoms with van der Waals surface area (Å²) < 4.78 is 11.5. The van der Waals surface area contributed by atoms with E-state index in [1.54, 1.807) is 6.07 Å². The highest BCUT2D eigenvalue weighted by atomic mass is 16.5. The number of rotatable bonds is 9. The maximum Gasteiger partial charge on any atom is 0.258 e. The Bertz CT molecular complexity index is 1230. The smallest absolute Gasteiger partial charge is 0.258 e. The number of nitrogens with two attached hydrogens (primary N) is 1. The summed E-state index contributed by atoms with van der Waals surface area (Å²) in [6, 6.07) is 20.7. The fourth-order valence-corrected chi connectivity index (χ4v) is 3.90. The van der Waals surface area contributed by atoms with Crippen molar-refractivity contribution in [3.05, 3.63) is 83.4 Å². The number of hydrogen-bond donors (Lipinski definition) is 3. The van der Waals surface area contributed by atoms with Crippen molar-refractivity contribution in [3.8, 4) is 11.5 Å². The van der Waals surface area contributed by atoms with Gasteiger partial charge in [-0.15, -0.1) is 0 Å². The van der Waals surface area contributed by atoms with Crippen LogP contribution in [0.5, 0.6) is 11.5 Å². The molecule has 3 aromatic carbocycles. The molecule has 3 aromatic rings. The zero-order valence-electron chi connectivity index (χ0n) is 19.2. The third kappa shape index (κ3) is 4.88. The fraction of sp³-hybridized carbons (Fsp3) is 0.185. The predicted octanol–water partition coefficient (Wildman–Crippen LogP) is 4.44. The number of anilines is 2. The normalized spacial score (nSPS) is 13.6. The van der Waals surface area contributed by atoms with Crippen molar-refractivity contribution in [1.29, 1.82) is 0 Å². The summed E-state index contributed by atoms with van der Waals surface area (Å²) in [6.07, 6.45) is 0.172. The van der Waals surface area contributed by atoms with Crippen molar-refractivity contribution < 1.29 is 19.1 Å². The van der Waals surface area contributed by atoms with E-state index in [9.17, 15) is 9.59 Å². The van der Waals surface area contributed by atoms with Crippen LogP contribution in [-0.2, 0) is 16.0 Å². The predicted molar refractivity (Wildman–Crippen MR) is 134 cm³/mol. The lowest BCUT2D eigenvalue weighted by Gasteiger charge is -2.16. The van der Waals surface area contributed by atoms with Crippen molar-refractivity contribution in [2.45, 2.75) is 20.3 Å². The number of carbonyl (C=O) groups is 2. The van der Waals surface area contributed by atoms with Gasteiger partial charge in [0.1, 0.15) is 0 Å². The molecule has 7 nitrogen and oxygen atoms in total. The van der Waals surface area contributed by atoms with Crippen molar-refractivity contribution >= 4 is 34.5 Å². The second kappa shape index (κ2) is 10.1. The van der Waals surface area contributed by atoms with Crippen LogP contribution in [0.15, 0.2) is 66.7 Å². The molecular weight excluding hydrogens is 430 g/mol. The number of hydrogen-bond acceptors (Lipinski definition) is 5. The van der Waals surface area contributed by atoms with Gasteiger partial charge in [-0.2, -0.15) is 0 Å². The third-order valence-corrected chi connectivity index (χ3v) is 5.34. The van der Waals surface area contributed by atoms with E-state index < -0.39 is 0 Å². The molecule has 0 fully saturated rings. The Morgan fingerprint density at radius 2 is 1.59 bits per heavy atom. The van der Waals surface area contributed by atoms with Crippen LogP contribution in [0.4, 0.5) is 11.4 Å². The standard InChI is InChI=1S/C27H27N3O4/c1-3-33-22-15-20-21(16-23(22)34-4-2)30-27(32)25(20)26(18-8-6-5-7-9-18)29-19-12-10-17(11-13-19)14-24(28)31/h5-13,15-16,29H,3-4,14H2,1-2H3,(H2,28,31)(H,30,32)/b26-25-. The minimum Gasteiger partial charge on any atom is -0.490 e. The van der Waals surface area contributed by atoms with Crippen LogP contribution in [0.1, 0.15) is 30.5 Å². The lowest BCUT2D eigenvalue weighted by atomic mass is 9.99. The van der Waals surface area contributed by atoms with Crippen LogP contribution in [0.2, 0.25) is 0 Å². The molecule has 174 valence electrons. The number of ether oxygens (including phenoxy) is 2. The largest absolute Gasteiger partial charge is 0.490 e. The number of primary amides is 1. The summed E-state index contributed by atoms with van der Waals surface area (Å²) in [4.78, 5) is 24.4. The average Bonchev–Trinajstić information content (AvgIpc) is 3.14. The SMILES string of the molecule is CCOc1cc2c(cc1OCC)/C(=C(/Nc1ccc(CC(N)=O)cc1)c1ccccc1)C(=O)N2. The number of amides is 2. The topological polar surface area (TPSA) is 103 Å². The van der Waals surface area contributed by atoms with Crippen molar-refractivity contribution in [1.82, 2.24) is 0 Å². The van der Waals surface area contributed by atoms with Gasteiger partial charge in [0.2, 0.25) is 5.91 Å². The van der Waals surface area contributed by atoms with E-state index in [0.717, 1.165) is 22.4 Å². The molecule has 1 aliphatic rings. The van der Waals surface area contributed by atoms with E-state index in [4.69, 9.17) is 15.2 Å². The van der Waals surface area contributed by atoms with E-state index in [2.05, 4.69) is 10.6 Å². The van der Waals surface area contributed by atoms with Crippen LogP contribution >= 0.6 is 0 Å². The van der Waals surface area contributed by atoms with Gasteiger partial charge < -0.3 is 25.8 Å². The van der Waals surface area contributed by atoms with E-state index >= 15 is 0 Å². The van der Waals surface area contributed by atoms with Gasteiger partial charge in [0, 0.05) is 17.3 Å². The Labute approximate surface area is 198 Å². The van der Waals surface area contributed by atoms with Crippen LogP contribution < -0.4 is 25.8 Å². The zero-order valence-corrected chi connectivity index (χ0v) is 19.2. The first-order valence-electron chi connectivity index (χ1n) is 11.2. The van der Waals surface area contributed by atoms with Crippen LogP contribution in [0.25, 0.3) is 11.3 Å². The molecule has 4 N–H and O–H groups in total. The molecule has 1 aliphatic heterocycles. The van der Waals surface area contributed by atoms with Gasteiger partial charge in [-0.05, 0) is 43.2 Å². The molecule has 0 aliphatic carbocycles. The van der Waals surface area contributed by atoms with Gasteiger partial charge in [0.15, 0.2) is 11.5 Å². The molecule has 34 heavy (non-hydrogen) atoms. The minimum atomic E-state index is -0.386. The van der Waals surface area contributed by atoms with Gasteiger partial charge in [0.25, 0.3) is 5.91 Å². The number of nitrogens with one attached hydrogen (secondary N) is 2. The van der Waals surface area contributed by atoms with Gasteiger partial charge in [0.05, 0.1) is 36.6 Å². The molecular formula is C27H27N3O4. The van der Waals surface area contributed by atoms with Crippen molar-refractivity contribution in [3.63, 3.8) is 0 Å².